The third-order valence-corrected chi connectivity index (χ3v) is 3.13. The third-order valence-electron chi connectivity index (χ3n) is 2.80. The number of hydrogen-bond acceptors (Lipinski definition) is 4. The molecule has 6 nitrogen and oxygen atoms in total. The van der Waals surface area contributed by atoms with Crippen LogP contribution in [0.5, 0.6) is 0 Å². The first kappa shape index (κ1) is 13.5. The molecule has 0 aliphatic carbocycles. The smallest absolute Gasteiger partial charge is 0.253 e. The third kappa shape index (κ3) is 3.08. The van der Waals surface area contributed by atoms with Crippen LogP contribution in [0.2, 0.25) is 5.02 Å². The van der Waals surface area contributed by atoms with Crippen molar-refractivity contribution in [1.29, 1.82) is 0 Å². The quantitative estimate of drug-likeness (QED) is 0.927. The molecule has 0 bridgehead atoms. The number of hydrogen-bond donors (Lipinski definition) is 1. The molecule has 1 aromatic carbocycles. The second-order valence-electron chi connectivity index (χ2n) is 4.20. The van der Waals surface area contributed by atoms with E-state index in [2.05, 4.69) is 20.8 Å². The van der Waals surface area contributed by atoms with Crippen LogP contribution in [0.4, 0.5) is 0 Å². The van der Waals surface area contributed by atoms with Gasteiger partial charge in [-0.05, 0) is 42.0 Å². The van der Waals surface area contributed by atoms with Gasteiger partial charge >= 0.3 is 0 Å². The standard InChI is InChI=1S/C12H14ClN5O/c1-3-8(2)15-12(19)10-6-9(4-5-11(10)13)18-7-14-16-17-18/h4-8H,3H2,1-2H3,(H,15,19)/t8-/m1/s1. The van der Waals surface area contributed by atoms with Gasteiger partial charge in [-0.1, -0.05) is 18.5 Å². The molecule has 2 rings (SSSR count). The van der Waals surface area contributed by atoms with Crippen LogP contribution >= 0.6 is 11.6 Å². The van der Waals surface area contributed by atoms with Crippen molar-refractivity contribution in [3.63, 3.8) is 0 Å². The van der Waals surface area contributed by atoms with Crippen molar-refractivity contribution in [2.24, 2.45) is 0 Å². The van der Waals surface area contributed by atoms with Crippen molar-refractivity contribution >= 4 is 17.5 Å². The highest BCUT2D eigenvalue weighted by molar-refractivity contribution is 6.33. The van der Waals surface area contributed by atoms with Gasteiger partial charge in [0, 0.05) is 6.04 Å². The number of nitrogens with one attached hydrogen (secondary N) is 1. The summed E-state index contributed by atoms with van der Waals surface area (Å²) in [6.45, 7) is 3.95. The van der Waals surface area contributed by atoms with Crippen LogP contribution in [0.1, 0.15) is 30.6 Å². The zero-order valence-electron chi connectivity index (χ0n) is 10.7. The van der Waals surface area contributed by atoms with Crippen molar-refractivity contribution in [2.45, 2.75) is 26.3 Å². The predicted octanol–water partition coefficient (Wildman–Crippen LogP) is 1.84. The molecular weight excluding hydrogens is 266 g/mol. The minimum Gasteiger partial charge on any atom is -0.350 e. The van der Waals surface area contributed by atoms with Crippen molar-refractivity contribution in [1.82, 2.24) is 25.5 Å². The van der Waals surface area contributed by atoms with E-state index in [1.165, 1.54) is 11.0 Å². The summed E-state index contributed by atoms with van der Waals surface area (Å²) in [5, 5.41) is 14.2. The molecule has 1 N–H and O–H groups in total. The summed E-state index contributed by atoms with van der Waals surface area (Å²) in [5.74, 6) is -0.200. The fourth-order valence-electron chi connectivity index (χ4n) is 1.51. The van der Waals surface area contributed by atoms with Gasteiger partial charge in [0.2, 0.25) is 0 Å². The Morgan fingerprint density at radius 2 is 2.32 bits per heavy atom. The summed E-state index contributed by atoms with van der Waals surface area (Å²) in [6, 6.07) is 5.17. The van der Waals surface area contributed by atoms with Gasteiger partial charge in [0.25, 0.3) is 5.91 Å². The predicted molar refractivity (Wildman–Crippen MR) is 71.4 cm³/mol. The molecule has 0 saturated heterocycles. The monoisotopic (exact) mass is 279 g/mol. The van der Waals surface area contributed by atoms with E-state index >= 15 is 0 Å². The minimum atomic E-state index is -0.200. The SMILES string of the molecule is CC[C@@H](C)NC(=O)c1cc(-n2cnnn2)ccc1Cl. The molecule has 0 aliphatic rings. The molecule has 100 valence electrons. The Morgan fingerprint density at radius 1 is 1.53 bits per heavy atom. The van der Waals surface area contributed by atoms with Crippen molar-refractivity contribution in [3.8, 4) is 5.69 Å². The summed E-state index contributed by atoms with van der Waals surface area (Å²) < 4.78 is 1.47. The van der Waals surface area contributed by atoms with E-state index in [1.807, 2.05) is 13.8 Å². The lowest BCUT2D eigenvalue weighted by atomic mass is 10.1. The Hall–Kier alpha value is -1.95. The van der Waals surface area contributed by atoms with Gasteiger partial charge in [-0.25, -0.2) is 4.68 Å². The van der Waals surface area contributed by atoms with Crippen LogP contribution in [0, 0.1) is 0 Å². The Labute approximate surface area is 115 Å². The van der Waals surface area contributed by atoms with Gasteiger partial charge in [0.05, 0.1) is 16.3 Å². The number of nitrogens with zero attached hydrogens (tertiary/aromatic N) is 4. The molecule has 0 saturated carbocycles. The molecule has 2 aromatic rings. The fraction of sp³-hybridized carbons (Fsp3) is 0.333. The second kappa shape index (κ2) is 5.79. The minimum absolute atomic E-state index is 0.0975. The van der Waals surface area contributed by atoms with Crippen LogP contribution in [0.15, 0.2) is 24.5 Å². The molecule has 0 fully saturated rings. The fourth-order valence-corrected chi connectivity index (χ4v) is 1.72. The van der Waals surface area contributed by atoms with E-state index in [0.29, 0.717) is 16.3 Å². The second-order valence-corrected chi connectivity index (χ2v) is 4.61. The maximum Gasteiger partial charge on any atom is 0.253 e. The van der Waals surface area contributed by atoms with E-state index in [9.17, 15) is 4.79 Å². The largest absolute Gasteiger partial charge is 0.350 e. The van der Waals surface area contributed by atoms with E-state index < -0.39 is 0 Å². The Kier molecular flexibility index (Phi) is 4.11. The summed E-state index contributed by atoms with van der Waals surface area (Å²) in [5.41, 5.74) is 1.10. The molecule has 0 radical (unpaired) electrons. The highest BCUT2D eigenvalue weighted by Gasteiger charge is 2.13. The lowest BCUT2D eigenvalue weighted by Gasteiger charge is -2.13. The first-order valence-electron chi connectivity index (χ1n) is 5.95. The molecule has 1 amide bonds. The number of carbonyl (C=O) groups is 1. The normalized spacial score (nSPS) is 12.2. The maximum atomic E-state index is 12.1. The zero-order valence-corrected chi connectivity index (χ0v) is 11.4. The molecule has 1 atom stereocenters. The van der Waals surface area contributed by atoms with Gasteiger partial charge in [-0.2, -0.15) is 0 Å². The molecular formula is C12H14ClN5O. The van der Waals surface area contributed by atoms with Crippen molar-refractivity contribution in [2.75, 3.05) is 0 Å². The summed E-state index contributed by atoms with van der Waals surface area (Å²) >= 11 is 6.06. The summed E-state index contributed by atoms with van der Waals surface area (Å²) in [7, 11) is 0. The average molecular weight is 280 g/mol. The van der Waals surface area contributed by atoms with Crippen molar-refractivity contribution in [3.05, 3.63) is 35.1 Å². The lowest BCUT2D eigenvalue weighted by Crippen LogP contribution is -2.32. The number of tetrazole rings is 1. The Bertz CT molecular complexity index is 570. The number of carbonyl (C=O) groups excluding carboxylic acids is 1. The highest BCUT2D eigenvalue weighted by Crippen LogP contribution is 2.19. The van der Waals surface area contributed by atoms with E-state index in [0.717, 1.165) is 6.42 Å². The number of aromatic nitrogens is 4. The molecule has 7 heteroatoms. The summed E-state index contributed by atoms with van der Waals surface area (Å²) in [4.78, 5) is 12.1. The molecule has 19 heavy (non-hydrogen) atoms. The number of amides is 1. The average Bonchev–Trinajstić information content (AvgIpc) is 2.93. The van der Waals surface area contributed by atoms with Gasteiger partial charge < -0.3 is 5.32 Å². The van der Waals surface area contributed by atoms with Crippen molar-refractivity contribution < 1.29 is 4.79 Å². The van der Waals surface area contributed by atoms with Gasteiger partial charge in [0.1, 0.15) is 6.33 Å². The molecule has 1 aromatic heterocycles. The number of benzene rings is 1. The Balaban J connectivity index is 2.30. The first-order chi connectivity index (χ1) is 9.11. The molecule has 0 aliphatic heterocycles. The highest BCUT2D eigenvalue weighted by atomic mass is 35.5. The number of rotatable bonds is 4. The van der Waals surface area contributed by atoms with Crippen LogP contribution < -0.4 is 5.32 Å². The van der Waals surface area contributed by atoms with Crippen LogP contribution in [-0.4, -0.2) is 32.2 Å². The lowest BCUT2D eigenvalue weighted by molar-refractivity contribution is 0.0939. The molecule has 0 spiro atoms. The van der Waals surface area contributed by atoms with E-state index in [-0.39, 0.29) is 11.9 Å². The number of halogens is 1. The van der Waals surface area contributed by atoms with Crippen LogP contribution in [0.3, 0.4) is 0 Å². The van der Waals surface area contributed by atoms with E-state index in [4.69, 9.17) is 11.6 Å². The van der Waals surface area contributed by atoms with Gasteiger partial charge in [-0.15, -0.1) is 5.10 Å². The zero-order chi connectivity index (χ0) is 13.8. The first-order valence-corrected chi connectivity index (χ1v) is 6.33. The van der Waals surface area contributed by atoms with Gasteiger partial charge in [0.15, 0.2) is 0 Å². The Morgan fingerprint density at radius 3 is 2.95 bits per heavy atom. The molecule has 0 unspecified atom stereocenters. The molecule has 1 heterocycles. The van der Waals surface area contributed by atoms with Gasteiger partial charge in [-0.3, -0.25) is 4.79 Å². The maximum absolute atomic E-state index is 12.1. The van der Waals surface area contributed by atoms with Crippen LogP contribution in [0.25, 0.3) is 5.69 Å². The van der Waals surface area contributed by atoms with E-state index in [1.54, 1.807) is 18.2 Å². The van der Waals surface area contributed by atoms with Crippen LogP contribution in [-0.2, 0) is 0 Å². The topological polar surface area (TPSA) is 72.7 Å². The summed E-state index contributed by atoms with van der Waals surface area (Å²) in [6.07, 6.45) is 2.32.